The van der Waals surface area contributed by atoms with Crippen molar-refractivity contribution in [2.24, 2.45) is 0 Å². The number of para-hydroxylation sites is 1. The van der Waals surface area contributed by atoms with Crippen LogP contribution in [-0.2, 0) is 20.4 Å². The lowest BCUT2D eigenvalue weighted by Crippen LogP contribution is -2.24. The number of carbonyl (C=O) groups excluding carboxylic acids is 2. The van der Waals surface area contributed by atoms with E-state index >= 15 is 0 Å². The second kappa shape index (κ2) is 26.2. The summed E-state index contributed by atoms with van der Waals surface area (Å²) in [5, 5.41) is 13.4. The summed E-state index contributed by atoms with van der Waals surface area (Å²) < 4.78 is 7.48. The number of ether oxygens (including phenoxy) is 1. The molecule has 5 aromatic rings. The van der Waals surface area contributed by atoms with Crippen LogP contribution in [-0.4, -0.2) is 28.2 Å². The number of aromatic amines is 1. The molecule has 0 atom stereocenters. The highest BCUT2D eigenvalue weighted by molar-refractivity contribution is 7.99. The van der Waals surface area contributed by atoms with E-state index < -0.39 is 5.56 Å². The van der Waals surface area contributed by atoms with Crippen LogP contribution in [0.25, 0.3) is 5.69 Å². The molecule has 0 spiro atoms. The first-order valence-electron chi connectivity index (χ1n) is 24.2. The number of H-pyrrole nitrogens is 1. The van der Waals surface area contributed by atoms with Gasteiger partial charge in [-0.15, -0.1) is 0 Å². The molecule has 0 saturated carbocycles. The number of rotatable bonds is 27. The van der Waals surface area contributed by atoms with Crippen molar-refractivity contribution < 1.29 is 14.3 Å². The van der Waals surface area contributed by atoms with Crippen molar-refractivity contribution in [3.63, 3.8) is 0 Å². The topological polar surface area (TPSA) is 117 Å². The Labute approximate surface area is 428 Å². The van der Waals surface area contributed by atoms with Crippen LogP contribution in [0, 0.1) is 0 Å². The number of nitrogens with zero attached hydrogens (tertiary/aromatic N) is 1. The Morgan fingerprint density at radius 1 is 0.676 bits per heavy atom. The first-order chi connectivity index (χ1) is 32.5. The van der Waals surface area contributed by atoms with E-state index in [9.17, 15) is 14.4 Å². The highest BCUT2D eigenvalue weighted by Crippen LogP contribution is 2.41. The molecule has 68 heavy (non-hydrogen) atoms. The molecule has 0 aliphatic heterocycles. The number of halogens is 4. The first-order valence-corrected chi connectivity index (χ1v) is 26.5. The van der Waals surface area contributed by atoms with Gasteiger partial charge in [-0.1, -0.05) is 202 Å². The molecule has 14 heteroatoms. The maximum absolute atomic E-state index is 14.5. The molecule has 0 unspecified atom stereocenters. The van der Waals surface area contributed by atoms with Crippen LogP contribution in [0.1, 0.15) is 156 Å². The minimum Gasteiger partial charge on any atom is -0.483 e. The summed E-state index contributed by atoms with van der Waals surface area (Å²) in [7, 11) is 0. The molecule has 0 aliphatic rings. The standard InChI is InChI=1S/C54H69Cl4N5O4S/c1-8-11-12-13-14-15-16-17-18-19-20-21-26-47(64)59-38-28-29-40(56)44(34-38)61-51-50(52(66)63(62-51)49-41(57)32-37(55)33-42(49)58)68-46-25-23-22-24-43(46)60-48(65)35-67-45-30-27-36(53(4,5)9-2)31-39(45)54(6,7)10-3/h22-25,27-34,61-62H,8-21,26,35H2,1-7H3,(H,59,64)(H,60,65). The Kier molecular flexibility index (Phi) is 21.2. The van der Waals surface area contributed by atoms with Gasteiger partial charge in [0.1, 0.15) is 22.2 Å². The first kappa shape index (κ1) is 54.9. The molecule has 368 valence electrons. The van der Waals surface area contributed by atoms with Crippen LogP contribution < -0.4 is 26.2 Å². The van der Waals surface area contributed by atoms with Crippen molar-refractivity contribution in [1.29, 1.82) is 0 Å². The summed E-state index contributed by atoms with van der Waals surface area (Å²) in [5.74, 6) is 0.464. The summed E-state index contributed by atoms with van der Waals surface area (Å²) in [6.45, 7) is 15.2. The average Bonchev–Trinajstić information content (AvgIpc) is 3.59. The van der Waals surface area contributed by atoms with E-state index in [2.05, 4.69) is 81.6 Å². The van der Waals surface area contributed by atoms with E-state index in [1.54, 1.807) is 36.4 Å². The molecule has 0 fully saturated rings. The van der Waals surface area contributed by atoms with Crippen molar-refractivity contribution in [2.45, 2.75) is 165 Å². The van der Waals surface area contributed by atoms with Gasteiger partial charge in [-0.2, -0.15) is 0 Å². The van der Waals surface area contributed by atoms with E-state index in [-0.39, 0.29) is 55.7 Å². The van der Waals surface area contributed by atoms with Crippen molar-refractivity contribution in [2.75, 3.05) is 22.6 Å². The Hall–Kier alpha value is -4.06. The van der Waals surface area contributed by atoms with Gasteiger partial charge in [0.05, 0.1) is 26.4 Å². The molecule has 0 aliphatic carbocycles. The minimum absolute atomic E-state index is 0.0133. The number of nitrogens with one attached hydrogen (secondary N) is 4. The van der Waals surface area contributed by atoms with Gasteiger partial charge in [-0.3, -0.25) is 19.5 Å². The number of hydrogen-bond acceptors (Lipinski definition) is 6. The Balaban J connectivity index is 1.32. The van der Waals surface area contributed by atoms with Crippen molar-refractivity contribution in [1.82, 2.24) is 9.78 Å². The van der Waals surface area contributed by atoms with Gasteiger partial charge in [-0.05, 0) is 84.2 Å². The van der Waals surface area contributed by atoms with Gasteiger partial charge < -0.3 is 20.7 Å². The van der Waals surface area contributed by atoms with Gasteiger partial charge in [0.25, 0.3) is 11.5 Å². The Bertz CT molecular complexity index is 2510. The van der Waals surface area contributed by atoms with Crippen LogP contribution in [0.2, 0.25) is 20.1 Å². The van der Waals surface area contributed by atoms with E-state index in [1.807, 2.05) is 12.1 Å². The largest absolute Gasteiger partial charge is 0.483 e. The molecule has 0 radical (unpaired) electrons. The zero-order valence-corrected chi connectivity index (χ0v) is 44.6. The molecule has 1 aromatic heterocycles. The van der Waals surface area contributed by atoms with Crippen molar-refractivity contribution in [3.05, 3.63) is 114 Å². The predicted molar refractivity (Wildman–Crippen MR) is 288 cm³/mol. The molecule has 5 rings (SSSR count). The van der Waals surface area contributed by atoms with E-state index in [0.29, 0.717) is 44.2 Å². The van der Waals surface area contributed by atoms with Crippen LogP contribution >= 0.6 is 58.2 Å². The van der Waals surface area contributed by atoms with Crippen LogP contribution in [0.4, 0.5) is 22.9 Å². The zero-order chi connectivity index (χ0) is 49.4. The molecule has 1 heterocycles. The van der Waals surface area contributed by atoms with E-state index in [0.717, 1.165) is 49.4 Å². The van der Waals surface area contributed by atoms with Gasteiger partial charge >= 0.3 is 0 Å². The number of hydrogen-bond donors (Lipinski definition) is 4. The SMILES string of the molecule is CCCCCCCCCCCCCCC(=O)Nc1ccc(Cl)c(Nc2[nH]n(-c3c(Cl)cc(Cl)cc3Cl)c(=O)c2Sc2ccccc2NC(=O)COc2ccc(C(C)(C)CC)cc2C(C)(C)CC)c1. The molecule has 4 N–H and O–H groups in total. The highest BCUT2D eigenvalue weighted by Gasteiger charge is 2.28. The number of carbonyl (C=O) groups is 2. The summed E-state index contributed by atoms with van der Waals surface area (Å²) in [4.78, 5) is 42.0. The molecule has 4 aromatic carbocycles. The van der Waals surface area contributed by atoms with Crippen molar-refractivity contribution in [3.8, 4) is 11.4 Å². The molecular weight excluding hydrogens is 957 g/mol. The summed E-state index contributed by atoms with van der Waals surface area (Å²) >= 11 is 27.4. The van der Waals surface area contributed by atoms with Gasteiger partial charge in [-0.25, -0.2) is 4.68 Å². The maximum atomic E-state index is 14.5. The zero-order valence-electron chi connectivity index (χ0n) is 40.7. The molecular formula is C54H69Cl4N5O4S. The lowest BCUT2D eigenvalue weighted by Gasteiger charge is -2.30. The third kappa shape index (κ3) is 15.5. The van der Waals surface area contributed by atoms with Crippen LogP contribution in [0.15, 0.2) is 87.4 Å². The molecule has 0 saturated heterocycles. The van der Waals surface area contributed by atoms with Crippen LogP contribution in [0.3, 0.4) is 0 Å². The predicted octanol–water partition coefficient (Wildman–Crippen LogP) is 17.1. The Morgan fingerprint density at radius 3 is 1.93 bits per heavy atom. The summed E-state index contributed by atoms with van der Waals surface area (Å²) in [6.07, 6.45) is 16.9. The Morgan fingerprint density at radius 2 is 1.29 bits per heavy atom. The smallest absolute Gasteiger partial charge is 0.287 e. The normalized spacial score (nSPS) is 11.8. The molecule has 0 bridgehead atoms. The lowest BCUT2D eigenvalue weighted by atomic mass is 9.76. The number of amides is 2. The molecule has 2 amide bonds. The van der Waals surface area contributed by atoms with Crippen molar-refractivity contribution >= 4 is 92.9 Å². The summed E-state index contributed by atoms with van der Waals surface area (Å²) in [6, 6.07) is 21.6. The number of anilines is 4. The second-order valence-corrected chi connectivity index (χ2v) is 21.5. The van der Waals surface area contributed by atoms with Crippen LogP contribution in [0.5, 0.6) is 5.75 Å². The fourth-order valence-corrected chi connectivity index (χ4v) is 9.91. The second-order valence-electron chi connectivity index (χ2n) is 18.8. The summed E-state index contributed by atoms with van der Waals surface area (Å²) in [5.41, 5.74) is 3.22. The van der Waals surface area contributed by atoms with Gasteiger partial charge in [0.2, 0.25) is 5.91 Å². The third-order valence-corrected chi connectivity index (χ3v) is 15.1. The fraction of sp³-hybridized carbons (Fsp3) is 0.463. The van der Waals surface area contributed by atoms with Gasteiger partial charge in [0, 0.05) is 27.6 Å². The quantitative estimate of drug-likeness (QED) is 0.0389. The fourth-order valence-electron chi connectivity index (χ4n) is 7.79. The number of unbranched alkanes of at least 4 members (excludes halogenated alkanes) is 11. The number of benzene rings is 4. The minimum atomic E-state index is -0.489. The average molecular weight is 1030 g/mol. The third-order valence-electron chi connectivity index (χ3n) is 12.8. The van der Waals surface area contributed by atoms with E-state index in [1.165, 1.54) is 80.2 Å². The highest BCUT2D eigenvalue weighted by atomic mass is 35.5. The lowest BCUT2D eigenvalue weighted by molar-refractivity contribution is -0.118. The molecule has 9 nitrogen and oxygen atoms in total. The van der Waals surface area contributed by atoms with E-state index in [4.69, 9.17) is 51.1 Å². The van der Waals surface area contributed by atoms with Gasteiger partial charge in [0.15, 0.2) is 6.61 Å². The monoisotopic (exact) mass is 1020 g/mol. The maximum Gasteiger partial charge on any atom is 0.287 e. The number of aromatic nitrogens is 2.